The summed E-state index contributed by atoms with van der Waals surface area (Å²) < 4.78 is 5.14. The van der Waals surface area contributed by atoms with Gasteiger partial charge in [0, 0.05) is 5.56 Å². The Balaban J connectivity index is 2.45. The Bertz CT molecular complexity index is 315. The van der Waals surface area contributed by atoms with Gasteiger partial charge in [0.25, 0.3) is 0 Å². The van der Waals surface area contributed by atoms with Crippen LogP contribution in [0.4, 0.5) is 0 Å². The lowest BCUT2D eigenvalue weighted by Gasteiger charge is -2.01. The van der Waals surface area contributed by atoms with Crippen LogP contribution in [0.3, 0.4) is 0 Å². The normalized spacial score (nSPS) is 19.3. The van der Waals surface area contributed by atoms with E-state index in [-0.39, 0.29) is 5.41 Å². The lowest BCUT2D eigenvalue weighted by molar-refractivity contribution is 0.527. The van der Waals surface area contributed by atoms with E-state index in [2.05, 4.69) is 6.07 Å². The van der Waals surface area contributed by atoms with Gasteiger partial charge in [0.2, 0.25) is 0 Å². The number of nitriles is 1. The zero-order valence-electron chi connectivity index (χ0n) is 6.42. The first-order valence-electron chi connectivity index (χ1n) is 3.74. The number of nitrogens with zero attached hydrogens (tertiary/aromatic N) is 1. The molecule has 0 unspecified atom stereocenters. The van der Waals surface area contributed by atoms with Crippen LogP contribution < -0.4 is 0 Å². The summed E-state index contributed by atoms with van der Waals surface area (Å²) in [5.74, 6) is 0.893. The quantitative estimate of drug-likeness (QED) is 0.610. The molecule has 2 heteroatoms. The van der Waals surface area contributed by atoms with E-state index in [1.807, 2.05) is 13.0 Å². The van der Waals surface area contributed by atoms with Crippen LogP contribution >= 0.6 is 0 Å². The third-order valence-electron chi connectivity index (χ3n) is 2.34. The molecule has 1 aromatic rings. The van der Waals surface area contributed by atoms with Crippen molar-refractivity contribution in [2.75, 3.05) is 0 Å². The van der Waals surface area contributed by atoms with E-state index in [9.17, 15) is 0 Å². The molecule has 0 amide bonds. The molecule has 0 spiro atoms. The van der Waals surface area contributed by atoms with Gasteiger partial charge in [-0.2, -0.15) is 5.26 Å². The molecule has 1 heterocycles. The van der Waals surface area contributed by atoms with Crippen molar-refractivity contribution >= 4 is 0 Å². The van der Waals surface area contributed by atoms with Gasteiger partial charge in [-0.1, -0.05) is 0 Å². The molecular weight excluding hydrogens is 138 g/mol. The highest BCUT2D eigenvalue weighted by molar-refractivity contribution is 5.39. The van der Waals surface area contributed by atoms with Gasteiger partial charge in [-0.25, -0.2) is 0 Å². The minimum atomic E-state index is -0.183. The molecule has 0 aliphatic heterocycles. The van der Waals surface area contributed by atoms with Crippen LogP contribution in [0.5, 0.6) is 0 Å². The Morgan fingerprint density at radius 1 is 1.64 bits per heavy atom. The number of rotatable bonds is 1. The maximum atomic E-state index is 8.86. The molecule has 1 saturated carbocycles. The van der Waals surface area contributed by atoms with Crippen LogP contribution in [0.25, 0.3) is 0 Å². The fourth-order valence-corrected chi connectivity index (χ4v) is 1.45. The van der Waals surface area contributed by atoms with Crippen molar-refractivity contribution in [1.29, 1.82) is 5.26 Å². The lowest BCUT2D eigenvalue weighted by atomic mass is 9.99. The second-order valence-electron chi connectivity index (χ2n) is 3.08. The molecule has 1 fully saturated rings. The summed E-state index contributed by atoms with van der Waals surface area (Å²) in [6, 6.07) is 4.24. The van der Waals surface area contributed by atoms with Crippen molar-refractivity contribution in [3.8, 4) is 6.07 Å². The van der Waals surface area contributed by atoms with Gasteiger partial charge in [-0.3, -0.25) is 0 Å². The highest BCUT2D eigenvalue weighted by atomic mass is 16.3. The van der Waals surface area contributed by atoms with Crippen molar-refractivity contribution in [2.45, 2.75) is 25.2 Å². The molecule has 2 rings (SSSR count). The van der Waals surface area contributed by atoms with Crippen LogP contribution in [0.15, 0.2) is 16.7 Å². The van der Waals surface area contributed by atoms with Gasteiger partial charge in [0.1, 0.15) is 5.76 Å². The highest BCUT2D eigenvalue weighted by Gasteiger charge is 2.46. The van der Waals surface area contributed by atoms with Gasteiger partial charge in [-0.05, 0) is 25.8 Å². The van der Waals surface area contributed by atoms with Crippen LogP contribution in [0, 0.1) is 18.3 Å². The van der Waals surface area contributed by atoms with E-state index in [4.69, 9.17) is 9.68 Å². The van der Waals surface area contributed by atoms with Gasteiger partial charge in [-0.15, -0.1) is 0 Å². The molecule has 0 saturated heterocycles. The van der Waals surface area contributed by atoms with Crippen LogP contribution in [-0.4, -0.2) is 0 Å². The highest BCUT2D eigenvalue weighted by Crippen LogP contribution is 2.48. The van der Waals surface area contributed by atoms with Gasteiger partial charge < -0.3 is 4.42 Å². The zero-order valence-corrected chi connectivity index (χ0v) is 6.42. The Kier molecular flexibility index (Phi) is 1.11. The molecule has 0 radical (unpaired) electrons. The Morgan fingerprint density at radius 2 is 2.36 bits per heavy atom. The molecule has 0 N–H and O–H groups in total. The second-order valence-corrected chi connectivity index (χ2v) is 3.08. The molecule has 0 bridgehead atoms. The summed E-state index contributed by atoms with van der Waals surface area (Å²) in [5, 5.41) is 8.86. The predicted octanol–water partition coefficient (Wildman–Crippen LogP) is 2.14. The largest absolute Gasteiger partial charge is 0.469 e. The van der Waals surface area contributed by atoms with Crippen LogP contribution in [-0.2, 0) is 5.41 Å². The maximum Gasteiger partial charge on any atom is 0.105 e. The summed E-state index contributed by atoms with van der Waals surface area (Å²) in [5.41, 5.74) is 0.900. The second kappa shape index (κ2) is 1.88. The third-order valence-corrected chi connectivity index (χ3v) is 2.34. The van der Waals surface area contributed by atoms with Gasteiger partial charge >= 0.3 is 0 Å². The van der Waals surface area contributed by atoms with E-state index < -0.39 is 0 Å². The zero-order chi connectivity index (χ0) is 7.90. The fraction of sp³-hybridized carbons (Fsp3) is 0.444. The average Bonchev–Trinajstić information content (AvgIpc) is 2.70. The molecule has 11 heavy (non-hydrogen) atoms. The number of hydrogen-bond acceptors (Lipinski definition) is 2. The Hall–Kier alpha value is -1.23. The molecule has 0 atom stereocenters. The van der Waals surface area contributed by atoms with Crippen molar-refractivity contribution < 1.29 is 4.42 Å². The van der Waals surface area contributed by atoms with Crippen molar-refractivity contribution in [3.63, 3.8) is 0 Å². The average molecular weight is 147 g/mol. The summed E-state index contributed by atoms with van der Waals surface area (Å²) in [6.45, 7) is 1.91. The molecule has 56 valence electrons. The molecule has 2 nitrogen and oxygen atoms in total. The SMILES string of the molecule is Cc1occc1C1(C#N)CC1. The molecular formula is C9H9NO. The Labute approximate surface area is 65.4 Å². The van der Waals surface area contributed by atoms with Gasteiger partial charge in [0.05, 0.1) is 17.7 Å². The van der Waals surface area contributed by atoms with Crippen LogP contribution in [0.2, 0.25) is 0 Å². The summed E-state index contributed by atoms with van der Waals surface area (Å²) in [4.78, 5) is 0. The molecule has 1 aliphatic rings. The first-order valence-corrected chi connectivity index (χ1v) is 3.74. The molecule has 1 aromatic heterocycles. The van der Waals surface area contributed by atoms with E-state index in [0.29, 0.717) is 0 Å². The predicted molar refractivity (Wildman–Crippen MR) is 40.0 cm³/mol. The Morgan fingerprint density at radius 3 is 2.73 bits per heavy atom. The minimum absolute atomic E-state index is 0.183. The summed E-state index contributed by atoms with van der Waals surface area (Å²) in [6.07, 6.45) is 3.63. The third kappa shape index (κ3) is 0.775. The first-order chi connectivity index (χ1) is 5.28. The van der Waals surface area contributed by atoms with E-state index in [1.165, 1.54) is 0 Å². The lowest BCUT2D eigenvalue weighted by Crippen LogP contribution is -2.01. The smallest absolute Gasteiger partial charge is 0.105 e. The number of aryl methyl sites for hydroxylation is 1. The topological polar surface area (TPSA) is 36.9 Å². The summed E-state index contributed by atoms with van der Waals surface area (Å²) >= 11 is 0. The summed E-state index contributed by atoms with van der Waals surface area (Å²) in [7, 11) is 0. The minimum Gasteiger partial charge on any atom is -0.469 e. The van der Waals surface area contributed by atoms with Gasteiger partial charge in [0.15, 0.2) is 0 Å². The maximum absolute atomic E-state index is 8.86. The van der Waals surface area contributed by atoms with E-state index >= 15 is 0 Å². The van der Waals surface area contributed by atoms with E-state index in [0.717, 1.165) is 24.2 Å². The number of hydrogen-bond donors (Lipinski definition) is 0. The number of furan rings is 1. The van der Waals surface area contributed by atoms with Crippen molar-refractivity contribution in [3.05, 3.63) is 23.7 Å². The van der Waals surface area contributed by atoms with E-state index in [1.54, 1.807) is 6.26 Å². The molecule has 1 aliphatic carbocycles. The van der Waals surface area contributed by atoms with Crippen molar-refractivity contribution in [2.24, 2.45) is 0 Å². The monoisotopic (exact) mass is 147 g/mol. The standard InChI is InChI=1S/C9H9NO/c1-7-8(2-5-11-7)9(6-10)3-4-9/h2,5H,3-4H2,1H3. The van der Waals surface area contributed by atoms with Crippen LogP contribution in [0.1, 0.15) is 24.2 Å². The first kappa shape index (κ1) is 6.48. The fourth-order valence-electron chi connectivity index (χ4n) is 1.45. The molecule has 0 aromatic carbocycles. The van der Waals surface area contributed by atoms with Crippen molar-refractivity contribution in [1.82, 2.24) is 0 Å².